The van der Waals surface area contributed by atoms with E-state index in [1.54, 1.807) is 18.2 Å². The molecule has 1 heterocycles. The minimum absolute atomic E-state index is 0.178. The Morgan fingerprint density at radius 3 is 2.36 bits per heavy atom. The van der Waals surface area contributed by atoms with Gasteiger partial charge in [0, 0.05) is 12.6 Å². The van der Waals surface area contributed by atoms with Crippen molar-refractivity contribution in [2.75, 3.05) is 19.8 Å². The van der Waals surface area contributed by atoms with Crippen molar-refractivity contribution in [2.24, 2.45) is 0 Å². The monoisotopic (exact) mass is 197 g/mol. The third-order valence-electron chi connectivity index (χ3n) is 1.84. The molecule has 14 heavy (non-hydrogen) atoms. The Labute approximate surface area is 84.1 Å². The lowest BCUT2D eigenvalue weighted by Gasteiger charge is -2.19. The smallest absolute Gasteiger partial charge is 0.123 e. The van der Waals surface area contributed by atoms with Crippen molar-refractivity contribution in [3.05, 3.63) is 36.1 Å². The van der Waals surface area contributed by atoms with Crippen molar-refractivity contribution in [1.82, 2.24) is 5.32 Å². The quantitative estimate of drug-likeness (QED) is 0.685. The molecule has 0 aromatic heterocycles. The van der Waals surface area contributed by atoms with Crippen molar-refractivity contribution in [3.63, 3.8) is 0 Å². The van der Waals surface area contributed by atoms with Crippen LogP contribution in [0.1, 0.15) is 6.92 Å². The summed E-state index contributed by atoms with van der Waals surface area (Å²) in [5.41, 5.74) is 0. The Balaban J connectivity index is 0.000000140. The predicted molar refractivity (Wildman–Crippen MR) is 54.7 cm³/mol. The molecule has 0 radical (unpaired) electrons. The Hall–Kier alpha value is -0.930. The Morgan fingerprint density at radius 1 is 1.36 bits per heavy atom. The molecule has 0 amide bonds. The summed E-state index contributed by atoms with van der Waals surface area (Å²) in [5.74, 6) is -0.178. The highest BCUT2D eigenvalue weighted by atomic mass is 19.1. The van der Waals surface area contributed by atoms with Crippen molar-refractivity contribution < 1.29 is 9.13 Å². The fraction of sp³-hybridized carbons (Fsp3) is 0.455. The van der Waals surface area contributed by atoms with Gasteiger partial charge in [-0.05, 0) is 19.1 Å². The molecule has 1 saturated heterocycles. The minimum atomic E-state index is -0.178. The fourth-order valence-electron chi connectivity index (χ4n) is 1.11. The van der Waals surface area contributed by atoms with Crippen LogP contribution in [0.15, 0.2) is 30.3 Å². The highest BCUT2D eigenvalue weighted by Crippen LogP contribution is 1.91. The van der Waals surface area contributed by atoms with E-state index >= 15 is 0 Å². The summed E-state index contributed by atoms with van der Waals surface area (Å²) in [6, 6.07) is 8.50. The van der Waals surface area contributed by atoms with Crippen molar-refractivity contribution in [3.8, 4) is 0 Å². The zero-order valence-corrected chi connectivity index (χ0v) is 8.37. The van der Waals surface area contributed by atoms with Gasteiger partial charge in [0.2, 0.25) is 0 Å². The van der Waals surface area contributed by atoms with Gasteiger partial charge >= 0.3 is 0 Å². The first kappa shape index (κ1) is 11.1. The molecule has 1 N–H and O–H groups in total. The van der Waals surface area contributed by atoms with Crippen LogP contribution in [-0.4, -0.2) is 25.8 Å². The Bertz CT molecular complexity index is 234. The van der Waals surface area contributed by atoms with Crippen LogP contribution in [-0.2, 0) is 4.74 Å². The van der Waals surface area contributed by atoms with Crippen molar-refractivity contribution in [2.45, 2.75) is 13.0 Å². The highest BCUT2D eigenvalue weighted by Gasteiger charge is 2.04. The molecule has 0 bridgehead atoms. The van der Waals surface area contributed by atoms with Crippen LogP contribution in [0.4, 0.5) is 4.39 Å². The van der Waals surface area contributed by atoms with Gasteiger partial charge in [-0.25, -0.2) is 4.39 Å². The number of morpholine rings is 1. The summed E-state index contributed by atoms with van der Waals surface area (Å²) >= 11 is 0. The van der Waals surface area contributed by atoms with E-state index in [1.165, 1.54) is 12.1 Å². The van der Waals surface area contributed by atoms with Crippen LogP contribution in [0.5, 0.6) is 0 Å². The van der Waals surface area contributed by atoms with E-state index in [1.807, 2.05) is 0 Å². The molecule has 1 aliphatic heterocycles. The summed E-state index contributed by atoms with van der Waals surface area (Å²) in [6.45, 7) is 4.89. The molecule has 1 aromatic rings. The van der Waals surface area contributed by atoms with E-state index < -0.39 is 0 Å². The normalized spacial score (nSPS) is 20.9. The summed E-state index contributed by atoms with van der Waals surface area (Å²) < 4.78 is 17.0. The molecule has 1 atom stereocenters. The summed E-state index contributed by atoms with van der Waals surface area (Å²) in [6.07, 6.45) is 0. The van der Waals surface area contributed by atoms with Gasteiger partial charge in [0.25, 0.3) is 0 Å². The zero-order chi connectivity index (χ0) is 10.2. The maximum absolute atomic E-state index is 11.9. The lowest BCUT2D eigenvalue weighted by Crippen LogP contribution is -2.38. The third-order valence-corrected chi connectivity index (χ3v) is 1.84. The molecule has 1 aromatic carbocycles. The molecule has 1 aliphatic rings. The molecule has 1 fully saturated rings. The lowest BCUT2D eigenvalue weighted by atomic mass is 10.3. The van der Waals surface area contributed by atoms with E-state index in [2.05, 4.69) is 12.2 Å². The molecule has 0 spiro atoms. The summed E-state index contributed by atoms with van der Waals surface area (Å²) in [7, 11) is 0. The molecular formula is C11H16FNO. The Kier molecular flexibility index (Phi) is 5.19. The predicted octanol–water partition coefficient (Wildman–Crippen LogP) is 1.82. The number of nitrogens with one attached hydrogen (secondary N) is 1. The highest BCUT2D eigenvalue weighted by molar-refractivity contribution is 5.02. The van der Waals surface area contributed by atoms with E-state index in [-0.39, 0.29) is 5.82 Å². The van der Waals surface area contributed by atoms with Crippen LogP contribution in [0, 0.1) is 5.82 Å². The Morgan fingerprint density at radius 2 is 2.07 bits per heavy atom. The molecule has 0 saturated carbocycles. The zero-order valence-electron chi connectivity index (χ0n) is 8.37. The molecule has 0 aliphatic carbocycles. The van der Waals surface area contributed by atoms with Gasteiger partial charge in [-0.2, -0.15) is 0 Å². The van der Waals surface area contributed by atoms with Crippen LogP contribution < -0.4 is 5.32 Å². The molecule has 2 nitrogen and oxygen atoms in total. The van der Waals surface area contributed by atoms with E-state index in [4.69, 9.17) is 4.74 Å². The first-order chi connectivity index (χ1) is 6.79. The summed E-state index contributed by atoms with van der Waals surface area (Å²) in [4.78, 5) is 0. The van der Waals surface area contributed by atoms with Gasteiger partial charge in [0.05, 0.1) is 13.2 Å². The van der Waals surface area contributed by atoms with Crippen molar-refractivity contribution >= 4 is 0 Å². The average molecular weight is 197 g/mol. The molecule has 2 rings (SSSR count). The van der Waals surface area contributed by atoms with Crippen LogP contribution >= 0.6 is 0 Å². The topological polar surface area (TPSA) is 21.3 Å². The number of rotatable bonds is 0. The van der Waals surface area contributed by atoms with Gasteiger partial charge < -0.3 is 10.1 Å². The van der Waals surface area contributed by atoms with Gasteiger partial charge in [0.1, 0.15) is 5.82 Å². The fourth-order valence-corrected chi connectivity index (χ4v) is 1.11. The SMILES string of the molecule is CC1COCCN1.Fc1ccccc1. The largest absolute Gasteiger partial charge is 0.379 e. The molecule has 3 heteroatoms. The van der Waals surface area contributed by atoms with Crippen LogP contribution in [0.2, 0.25) is 0 Å². The first-order valence-electron chi connectivity index (χ1n) is 4.80. The number of hydrogen-bond acceptors (Lipinski definition) is 2. The number of ether oxygens (including phenoxy) is 1. The van der Waals surface area contributed by atoms with Gasteiger partial charge in [-0.1, -0.05) is 18.2 Å². The van der Waals surface area contributed by atoms with E-state index in [0.717, 1.165) is 19.8 Å². The van der Waals surface area contributed by atoms with Gasteiger partial charge in [-0.3, -0.25) is 0 Å². The maximum atomic E-state index is 11.9. The molecular weight excluding hydrogens is 181 g/mol. The van der Waals surface area contributed by atoms with E-state index in [0.29, 0.717) is 6.04 Å². The average Bonchev–Trinajstić information content (AvgIpc) is 2.21. The van der Waals surface area contributed by atoms with Crippen molar-refractivity contribution in [1.29, 1.82) is 0 Å². The number of benzene rings is 1. The third kappa shape index (κ3) is 4.94. The summed E-state index contributed by atoms with van der Waals surface area (Å²) in [5, 5.41) is 3.26. The van der Waals surface area contributed by atoms with Gasteiger partial charge in [0.15, 0.2) is 0 Å². The second kappa shape index (κ2) is 6.51. The van der Waals surface area contributed by atoms with Gasteiger partial charge in [-0.15, -0.1) is 0 Å². The standard InChI is InChI=1S/C6H5F.C5H11NO/c7-6-4-2-1-3-5-6;1-5-4-7-3-2-6-5/h1-5H;5-6H,2-4H2,1H3. The maximum Gasteiger partial charge on any atom is 0.123 e. The van der Waals surface area contributed by atoms with Crippen LogP contribution in [0.3, 0.4) is 0 Å². The second-order valence-electron chi connectivity index (χ2n) is 3.23. The lowest BCUT2D eigenvalue weighted by molar-refractivity contribution is 0.0824. The molecule has 78 valence electrons. The first-order valence-corrected chi connectivity index (χ1v) is 4.80. The molecule has 1 unspecified atom stereocenters. The minimum Gasteiger partial charge on any atom is -0.379 e. The van der Waals surface area contributed by atoms with Crippen LogP contribution in [0.25, 0.3) is 0 Å². The second-order valence-corrected chi connectivity index (χ2v) is 3.23. The number of hydrogen-bond donors (Lipinski definition) is 1. The number of halogens is 1. The van der Waals surface area contributed by atoms with E-state index in [9.17, 15) is 4.39 Å².